The number of nitrogens with zero attached hydrogens (tertiary/aromatic N) is 5. The first kappa shape index (κ1) is 26.6. The van der Waals surface area contributed by atoms with Gasteiger partial charge < -0.3 is 18.9 Å². The smallest absolute Gasteiger partial charge is 0.170 e. The fourth-order valence-corrected chi connectivity index (χ4v) is 4.81. The molecule has 0 N–H and O–H groups in total. The number of ether oxygens (including phenoxy) is 4. The summed E-state index contributed by atoms with van der Waals surface area (Å²) >= 11 is 0. The van der Waals surface area contributed by atoms with Gasteiger partial charge in [-0.25, -0.2) is 15.0 Å². The van der Waals surface area contributed by atoms with Crippen LogP contribution >= 0.6 is 0 Å². The number of fused-ring (bicyclic) bond motifs is 1. The molecule has 0 unspecified atom stereocenters. The van der Waals surface area contributed by atoms with Gasteiger partial charge in [0, 0.05) is 22.6 Å². The number of rotatable bonds is 9. The van der Waals surface area contributed by atoms with Crippen LogP contribution in [0.3, 0.4) is 0 Å². The van der Waals surface area contributed by atoms with Crippen molar-refractivity contribution in [3.8, 4) is 40.1 Å². The van der Waals surface area contributed by atoms with E-state index in [1.54, 1.807) is 34.8 Å². The van der Waals surface area contributed by atoms with E-state index >= 15 is 0 Å². The van der Waals surface area contributed by atoms with Gasteiger partial charge in [0.2, 0.25) is 0 Å². The fraction of sp³-hybridized carbons (Fsp3) is 0.121. The number of benzene rings is 4. The Balaban J connectivity index is 1.61. The molecular weight excluding hydrogens is 530 g/mol. The normalized spacial score (nSPS) is 10.9. The Hall–Kier alpha value is -5.57. The van der Waals surface area contributed by atoms with Crippen molar-refractivity contribution in [3.63, 3.8) is 0 Å². The molecule has 0 radical (unpaired) electrons. The maximum absolute atomic E-state index is 5.42. The van der Waals surface area contributed by atoms with Crippen LogP contribution in [0.1, 0.15) is 0 Å². The number of imidazole rings is 1. The highest BCUT2D eigenvalue weighted by Crippen LogP contribution is 2.40. The van der Waals surface area contributed by atoms with Gasteiger partial charge in [-0.3, -0.25) is 9.47 Å². The number of aromatic nitrogens is 4. The van der Waals surface area contributed by atoms with E-state index < -0.39 is 0 Å². The van der Waals surface area contributed by atoms with Gasteiger partial charge in [-0.15, -0.1) is 0 Å². The van der Waals surface area contributed by atoms with E-state index in [0.29, 0.717) is 22.8 Å². The lowest BCUT2D eigenvalue weighted by molar-refractivity contribution is 0.414. The molecule has 0 bridgehead atoms. The van der Waals surface area contributed by atoms with Crippen LogP contribution in [-0.4, -0.2) is 48.0 Å². The first-order chi connectivity index (χ1) is 20.6. The van der Waals surface area contributed by atoms with E-state index in [2.05, 4.69) is 0 Å². The third kappa shape index (κ3) is 4.92. The summed E-state index contributed by atoms with van der Waals surface area (Å²) in [7, 11) is 6.60. The summed E-state index contributed by atoms with van der Waals surface area (Å²) in [4.78, 5) is 16.7. The highest BCUT2D eigenvalue weighted by molar-refractivity contribution is 5.93. The van der Waals surface area contributed by atoms with Crippen LogP contribution in [0, 0.1) is 0 Å². The summed E-state index contributed by atoms with van der Waals surface area (Å²) in [6, 6.07) is 31.2. The van der Waals surface area contributed by atoms with Crippen molar-refractivity contribution >= 4 is 28.4 Å². The monoisotopic (exact) mass is 559 g/mol. The Kier molecular flexibility index (Phi) is 7.30. The summed E-state index contributed by atoms with van der Waals surface area (Å²) in [5, 5.41) is 0. The number of methoxy groups -OCH3 is 4. The SMILES string of the molecule is COc1ccc(-c2nc3c(N(c4ccc(OC)cc4)c4ccc(OC)cc4)ncnc3n2-c2ccc(OC)cc2)cc1. The molecule has 42 heavy (non-hydrogen) atoms. The molecule has 4 aromatic carbocycles. The Bertz CT molecular complexity index is 1750. The molecule has 2 heterocycles. The van der Waals surface area contributed by atoms with Gasteiger partial charge in [-0.05, 0) is 97.1 Å². The third-order valence-electron chi connectivity index (χ3n) is 6.98. The second kappa shape index (κ2) is 11.5. The van der Waals surface area contributed by atoms with Crippen molar-refractivity contribution in [2.75, 3.05) is 33.3 Å². The van der Waals surface area contributed by atoms with Crippen LogP contribution in [0.15, 0.2) is 103 Å². The van der Waals surface area contributed by atoms with Gasteiger partial charge in [0.05, 0.1) is 28.4 Å². The third-order valence-corrected chi connectivity index (χ3v) is 6.98. The average Bonchev–Trinajstić information content (AvgIpc) is 3.46. The van der Waals surface area contributed by atoms with Crippen LogP contribution in [0.2, 0.25) is 0 Å². The number of hydrogen-bond donors (Lipinski definition) is 0. The van der Waals surface area contributed by atoms with Gasteiger partial charge in [0.15, 0.2) is 17.0 Å². The van der Waals surface area contributed by atoms with Crippen LogP contribution in [0.5, 0.6) is 23.0 Å². The molecule has 0 saturated heterocycles. The Labute approximate surface area is 243 Å². The molecule has 0 atom stereocenters. The van der Waals surface area contributed by atoms with E-state index in [9.17, 15) is 0 Å². The average molecular weight is 560 g/mol. The zero-order valence-electron chi connectivity index (χ0n) is 23.7. The number of anilines is 3. The van der Waals surface area contributed by atoms with E-state index in [1.165, 1.54) is 0 Å². The lowest BCUT2D eigenvalue weighted by atomic mass is 10.2. The van der Waals surface area contributed by atoms with Gasteiger partial charge in [-0.1, -0.05) is 0 Å². The Morgan fingerprint density at radius 2 is 1.00 bits per heavy atom. The van der Waals surface area contributed by atoms with Crippen molar-refractivity contribution in [2.24, 2.45) is 0 Å². The molecule has 0 saturated carbocycles. The van der Waals surface area contributed by atoms with Gasteiger partial charge in [0.25, 0.3) is 0 Å². The highest BCUT2D eigenvalue weighted by atomic mass is 16.5. The Morgan fingerprint density at radius 3 is 1.48 bits per heavy atom. The molecule has 210 valence electrons. The van der Waals surface area contributed by atoms with Gasteiger partial charge in [-0.2, -0.15) is 0 Å². The topological polar surface area (TPSA) is 83.8 Å². The maximum atomic E-state index is 5.42. The first-order valence-corrected chi connectivity index (χ1v) is 13.2. The standard InChI is InChI=1S/C33H29N5O4/c1-39-26-13-5-22(6-14-26)31-36-30-32(34-21-35-33(30)38(31)25-11-19-29(42-4)20-12-25)37(23-7-15-27(40-2)16-8-23)24-9-17-28(41-3)18-10-24/h5-21H,1-4H3. The molecule has 9 heteroatoms. The summed E-state index contributed by atoms with van der Waals surface area (Å²) in [6.07, 6.45) is 1.57. The zero-order valence-corrected chi connectivity index (χ0v) is 23.7. The van der Waals surface area contributed by atoms with Crippen molar-refractivity contribution in [3.05, 3.63) is 103 Å². The van der Waals surface area contributed by atoms with Crippen LogP contribution in [0.4, 0.5) is 17.2 Å². The molecule has 6 rings (SSSR count). The summed E-state index contributed by atoms with van der Waals surface area (Å²) < 4.78 is 23.7. The molecule has 0 spiro atoms. The molecule has 0 amide bonds. The van der Waals surface area contributed by atoms with E-state index in [0.717, 1.165) is 45.6 Å². The summed E-state index contributed by atoms with van der Waals surface area (Å²) in [6.45, 7) is 0. The minimum atomic E-state index is 0.623. The van der Waals surface area contributed by atoms with Crippen LogP contribution < -0.4 is 23.8 Å². The summed E-state index contributed by atoms with van der Waals surface area (Å²) in [5.74, 6) is 4.37. The van der Waals surface area contributed by atoms with Crippen LogP contribution in [0.25, 0.3) is 28.2 Å². The molecule has 9 nitrogen and oxygen atoms in total. The van der Waals surface area contributed by atoms with Crippen molar-refractivity contribution < 1.29 is 18.9 Å². The highest BCUT2D eigenvalue weighted by Gasteiger charge is 2.24. The molecule has 0 aliphatic carbocycles. The van der Waals surface area contributed by atoms with Crippen LogP contribution in [-0.2, 0) is 0 Å². The van der Waals surface area contributed by atoms with Crippen molar-refractivity contribution in [1.82, 2.24) is 19.5 Å². The molecule has 2 aromatic heterocycles. The minimum Gasteiger partial charge on any atom is -0.497 e. The quantitative estimate of drug-likeness (QED) is 0.188. The zero-order chi connectivity index (χ0) is 29.1. The second-order valence-corrected chi connectivity index (χ2v) is 9.30. The van der Waals surface area contributed by atoms with E-state index in [-0.39, 0.29) is 0 Å². The predicted octanol–water partition coefficient (Wildman–Crippen LogP) is 6.99. The Morgan fingerprint density at radius 1 is 0.548 bits per heavy atom. The maximum Gasteiger partial charge on any atom is 0.170 e. The second-order valence-electron chi connectivity index (χ2n) is 9.30. The molecule has 0 fully saturated rings. The number of hydrogen-bond acceptors (Lipinski definition) is 8. The minimum absolute atomic E-state index is 0.623. The van der Waals surface area contributed by atoms with E-state index in [4.69, 9.17) is 33.9 Å². The first-order valence-electron chi connectivity index (χ1n) is 13.2. The van der Waals surface area contributed by atoms with Crippen molar-refractivity contribution in [1.29, 1.82) is 0 Å². The molecular formula is C33H29N5O4. The van der Waals surface area contributed by atoms with Crippen molar-refractivity contribution in [2.45, 2.75) is 0 Å². The van der Waals surface area contributed by atoms with Gasteiger partial charge in [0.1, 0.15) is 35.1 Å². The molecule has 0 aliphatic rings. The predicted molar refractivity (Wildman–Crippen MR) is 163 cm³/mol. The lowest BCUT2D eigenvalue weighted by Crippen LogP contribution is -2.12. The lowest BCUT2D eigenvalue weighted by Gasteiger charge is -2.24. The molecule has 0 aliphatic heterocycles. The largest absolute Gasteiger partial charge is 0.497 e. The fourth-order valence-electron chi connectivity index (χ4n) is 4.81. The molecule has 6 aromatic rings. The van der Waals surface area contributed by atoms with E-state index in [1.807, 2.05) is 107 Å². The van der Waals surface area contributed by atoms with Gasteiger partial charge >= 0.3 is 0 Å². The summed E-state index contributed by atoms with van der Waals surface area (Å²) in [5.41, 5.74) is 4.83.